The quantitative estimate of drug-likeness (QED) is 0.122. The van der Waals surface area contributed by atoms with Crippen molar-refractivity contribution in [3.63, 3.8) is 0 Å². The van der Waals surface area contributed by atoms with Crippen molar-refractivity contribution in [2.75, 3.05) is 20.2 Å². The second kappa shape index (κ2) is 21.7. The maximum Gasteiger partial charge on any atom is 0.325 e. The lowest BCUT2D eigenvalue weighted by Crippen LogP contribution is -2.61. The third-order valence-electron chi connectivity index (χ3n) is 8.96. The van der Waals surface area contributed by atoms with Crippen molar-refractivity contribution in [3.8, 4) is 0 Å². The van der Waals surface area contributed by atoms with Gasteiger partial charge in [-0.15, -0.1) is 0 Å². The van der Waals surface area contributed by atoms with Crippen LogP contribution in [0.1, 0.15) is 106 Å². The highest BCUT2D eigenvalue weighted by molar-refractivity contribution is 5.96. The number of aliphatic hydroxyl groups is 2. The van der Waals surface area contributed by atoms with Crippen LogP contribution in [0.25, 0.3) is 0 Å². The van der Waals surface area contributed by atoms with E-state index in [1.807, 2.05) is 20.8 Å². The molecule has 0 spiro atoms. The fraction of sp³-hybridized carbons (Fsp3) is 0.824. The second-order valence-corrected chi connectivity index (χ2v) is 13.5. The number of ether oxygens (including phenoxy) is 1. The lowest BCUT2D eigenvalue weighted by Gasteiger charge is -2.34. The summed E-state index contributed by atoms with van der Waals surface area (Å²) in [5.74, 6) is -5.64. The van der Waals surface area contributed by atoms with Crippen LogP contribution in [0.4, 0.5) is 0 Å². The normalized spacial score (nSPS) is 27.1. The minimum Gasteiger partial charge on any atom is -0.460 e. The van der Waals surface area contributed by atoms with Gasteiger partial charge < -0.3 is 41.1 Å². The molecule has 1 heterocycles. The van der Waals surface area contributed by atoms with E-state index in [9.17, 15) is 39.0 Å². The summed E-state index contributed by atoms with van der Waals surface area (Å²) in [7, 11) is 1.51. The Bertz CT molecular complexity index is 1070. The number of esters is 1. The van der Waals surface area contributed by atoms with Gasteiger partial charge >= 0.3 is 5.97 Å². The number of amides is 5. The molecule has 1 aliphatic heterocycles. The molecule has 0 radical (unpaired) electrons. The summed E-state index contributed by atoms with van der Waals surface area (Å²) in [5, 5.41) is 30.1. The molecular formula is C34H61N5O9. The Labute approximate surface area is 285 Å². The molecule has 6 N–H and O–H groups in total. The maximum atomic E-state index is 13.9. The molecule has 0 bridgehead atoms. The molecule has 8 atom stereocenters. The first kappa shape index (κ1) is 42.8. The standard InChI is InChI=1S/C34H61N5O9/c1-9-11-12-13-14-15-16-26-22(6)34(47)39(8)25(17-20(3)4)31(44)37-28(21(5)10-2)33(46)36-24(19-40)30(43)38-29(23(7)41)32(45)35-18-27(42)48-26/h20-26,28-29,40-41H,9-19H2,1-8H3,(H,35,45)(H,36,46)(H,37,44)(H,38,43)/t21-,22-,23+,24-,25-,26-,28-,29-/m1/s1. The molecule has 1 saturated heterocycles. The predicted octanol–water partition coefficient (Wildman–Crippen LogP) is 1.16. The Hall–Kier alpha value is -3.26. The van der Waals surface area contributed by atoms with E-state index in [1.165, 1.54) is 18.9 Å². The molecule has 48 heavy (non-hydrogen) atoms. The molecule has 0 saturated carbocycles. The number of carbonyl (C=O) groups is 6. The molecule has 0 aromatic heterocycles. The minimum absolute atomic E-state index is 0.00604. The Morgan fingerprint density at radius 2 is 1.44 bits per heavy atom. The summed E-state index contributed by atoms with van der Waals surface area (Å²) in [6.45, 7) is 11.0. The summed E-state index contributed by atoms with van der Waals surface area (Å²) < 4.78 is 5.76. The maximum absolute atomic E-state index is 13.9. The molecule has 14 nitrogen and oxygen atoms in total. The van der Waals surface area contributed by atoms with Gasteiger partial charge in [0.25, 0.3) is 0 Å². The van der Waals surface area contributed by atoms with E-state index in [0.717, 1.165) is 32.1 Å². The molecule has 0 aliphatic carbocycles. The van der Waals surface area contributed by atoms with Crippen LogP contribution in [0.5, 0.6) is 0 Å². The van der Waals surface area contributed by atoms with Crippen LogP contribution in [-0.4, -0.2) is 107 Å². The van der Waals surface area contributed by atoms with Gasteiger partial charge in [0.2, 0.25) is 29.5 Å². The minimum atomic E-state index is -1.53. The van der Waals surface area contributed by atoms with Gasteiger partial charge in [-0.1, -0.05) is 80.1 Å². The smallest absolute Gasteiger partial charge is 0.325 e. The molecule has 1 aliphatic rings. The van der Waals surface area contributed by atoms with Crippen LogP contribution in [0.3, 0.4) is 0 Å². The van der Waals surface area contributed by atoms with Crippen molar-refractivity contribution in [1.82, 2.24) is 26.2 Å². The van der Waals surface area contributed by atoms with Crippen LogP contribution in [-0.2, 0) is 33.5 Å². The number of unbranched alkanes of at least 4 members (excludes halogenated alkanes) is 5. The molecule has 0 aromatic rings. The molecule has 276 valence electrons. The SMILES string of the molecule is CCCCCCCC[C@H]1OC(=O)CNC(=O)[C@@H]([C@H](C)O)NC(=O)[C@@H](CO)NC(=O)[C@@H]([C@H](C)CC)NC(=O)[C@@H](CC(C)C)N(C)C(=O)[C@@H]1C. The van der Waals surface area contributed by atoms with Crippen LogP contribution < -0.4 is 21.3 Å². The number of nitrogens with one attached hydrogen (secondary N) is 4. The van der Waals surface area contributed by atoms with E-state index in [-0.39, 0.29) is 12.3 Å². The van der Waals surface area contributed by atoms with E-state index in [2.05, 4.69) is 28.2 Å². The average Bonchev–Trinajstić information content (AvgIpc) is 3.04. The largest absolute Gasteiger partial charge is 0.460 e. The monoisotopic (exact) mass is 683 g/mol. The number of carbonyl (C=O) groups excluding carboxylic acids is 6. The molecule has 0 unspecified atom stereocenters. The summed E-state index contributed by atoms with van der Waals surface area (Å²) >= 11 is 0. The number of hydrogen-bond donors (Lipinski definition) is 6. The zero-order valence-corrected chi connectivity index (χ0v) is 30.2. The van der Waals surface area contributed by atoms with Crippen molar-refractivity contribution in [2.45, 2.75) is 143 Å². The van der Waals surface area contributed by atoms with E-state index >= 15 is 0 Å². The number of aliphatic hydroxyl groups excluding tert-OH is 2. The molecule has 0 aromatic carbocycles. The first-order valence-corrected chi connectivity index (χ1v) is 17.5. The number of nitrogens with zero attached hydrogens (tertiary/aromatic N) is 1. The fourth-order valence-electron chi connectivity index (χ4n) is 5.60. The zero-order valence-electron chi connectivity index (χ0n) is 30.2. The first-order valence-electron chi connectivity index (χ1n) is 17.5. The van der Waals surface area contributed by atoms with E-state index < -0.39 is 96.9 Å². The van der Waals surface area contributed by atoms with Gasteiger partial charge in [0.05, 0.1) is 18.6 Å². The van der Waals surface area contributed by atoms with Gasteiger partial charge in [0.1, 0.15) is 36.8 Å². The highest BCUT2D eigenvalue weighted by Gasteiger charge is 2.38. The van der Waals surface area contributed by atoms with Crippen LogP contribution >= 0.6 is 0 Å². The summed E-state index contributed by atoms with van der Waals surface area (Å²) in [4.78, 5) is 81.7. The topological polar surface area (TPSA) is 203 Å². The van der Waals surface area contributed by atoms with E-state index in [4.69, 9.17) is 4.74 Å². The average molecular weight is 684 g/mol. The highest BCUT2D eigenvalue weighted by atomic mass is 16.5. The fourth-order valence-corrected chi connectivity index (χ4v) is 5.60. The van der Waals surface area contributed by atoms with Gasteiger partial charge in [-0.3, -0.25) is 28.8 Å². The first-order chi connectivity index (χ1) is 22.6. The number of hydrogen-bond acceptors (Lipinski definition) is 9. The van der Waals surface area contributed by atoms with Crippen molar-refractivity contribution >= 4 is 35.5 Å². The van der Waals surface area contributed by atoms with Crippen LogP contribution in [0.2, 0.25) is 0 Å². The van der Waals surface area contributed by atoms with Gasteiger partial charge in [-0.2, -0.15) is 0 Å². The van der Waals surface area contributed by atoms with E-state index in [0.29, 0.717) is 19.3 Å². The van der Waals surface area contributed by atoms with Gasteiger partial charge in [0.15, 0.2) is 0 Å². The Balaban J connectivity index is 3.57. The van der Waals surface area contributed by atoms with Gasteiger partial charge in [0, 0.05) is 7.05 Å². The Morgan fingerprint density at radius 3 is 2.00 bits per heavy atom. The summed E-state index contributed by atoms with van der Waals surface area (Å²) in [6.07, 6.45) is 4.75. The Kier molecular flexibility index (Phi) is 19.3. The molecular weight excluding hydrogens is 622 g/mol. The summed E-state index contributed by atoms with van der Waals surface area (Å²) in [6, 6.07) is -5.15. The third-order valence-corrected chi connectivity index (χ3v) is 8.96. The number of likely N-dealkylation sites (N-methyl/N-ethyl adjacent to an activating group) is 1. The second-order valence-electron chi connectivity index (χ2n) is 13.5. The lowest BCUT2D eigenvalue weighted by molar-refractivity contribution is -0.157. The van der Waals surface area contributed by atoms with Crippen molar-refractivity contribution < 1.29 is 43.7 Å². The molecule has 14 heteroatoms. The zero-order chi connectivity index (χ0) is 36.6. The van der Waals surface area contributed by atoms with Crippen molar-refractivity contribution in [1.29, 1.82) is 0 Å². The van der Waals surface area contributed by atoms with E-state index in [1.54, 1.807) is 13.8 Å². The third kappa shape index (κ3) is 13.7. The molecule has 1 fully saturated rings. The van der Waals surface area contributed by atoms with Gasteiger partial charge in [-0.25, -0.2) is 0 Å². The van der Waals surface area contributed by atoms with Gasteiger partial charge in [-0.05, 0) is 38.0 Å². The lowest BCUT2D eigenvalue weighted by atomic mass is 9.94. The van der Waals surface area contributed by atoms with Crippen LogP contribution in [0.15, 0.2) is 0 Å². The number of cyclic esters (lactones) is 1. The Morgan fingerprint density at radius 1 is 0.833 bits per heavy atom. The predicted molar refractivity (Wildman–Crippen MR) is 180 cm³/mol. The van der Waals surface area contributed by atoms with Crippen molar-refractivity contribution in [2.24, 2.45) is 17.8 Å². The van der Waals surface area contributed by atoms with Crippen molar-refractivity contribution in [3.05, 3.63) is 0 Å². The number of rotatable bonds is 13. The highest BCUT2D eigenvalue weighted by Crippen LogP contribution is 2.22. The molecule has 5 amide bonds. The molecule has 1 rings (SSSR count). The summed E-state index contributed by atoms with van der Waals surface area (Å²) in [5.41, 5.74) is 0. The van der Waals surface area contributed by atoms with Crippen LogP contribution in [0, 0.1) is 17.8 Å².